The topological polar surface area (TPSA) is 37.4 Å². The molecule has 0 fully saturated rings. The molecule has 1 heterocycles. The van der Waals surface area contributed by atoms with E-state index in [4.69, 9.17) is 0 Å². The molecule has 0 saturated heterocycles. The Hall–Kier alpha value is -1.33. The Bertz CT molecular complexity index is 772. The van der Waals surface area contributed by atoms with Gasteiger partial charge in [0.1, 0.15) is 0 Å². The summed E-state index contributed by atoms with van der Waals surface area (Å²) in [4.78, 5) is 2.59. The van der Waals surface area contributed by atoms with Gasteiger partial charge in [0.15, 0.2) is 9.84 Å². The minimum absolute atomic E-state index is 0.132. The van der Waals surface area contributed by atoms with Crippen LogP contribution in [0.25, 0.3) is 0 Å². The van der Waals surface area contributed by atoms with Gasteiger partial charge in [-0.15, -0.1) is 0 Å². The number of sulfone groups is 1. The number of nitrogens with zero attached hydrogens (tertiary/aromatic N) is 1. The van der Waals surface area contributed by atoms with Gasteiger partial charge < -0.3 is 4.90 Å². The average molecular weight is 380 g/mol. The highest BCUT2D eigenvalue weighted by molar-refractivity contribution is 9.10. The van der Waals surface area contributed by atoms with Crippen molar-refractivity contribution in [3.05, 3.63) is 58.6 Å². The zero-order valence-corrected chi connectivity index (χ0v) is 14.8. The first-order valence-corrected chi connectivity index (χ1v) is 9.75. The second kappa shape index (κ2) is 6.05. The Morgan fingerprint density at radius 2 is 1.82 bits per heavy atom. The third kappa shape index (κ3) is 3.06. The molecule has 3 rings (SSSR count). The number of fused-ring (bicyclic) bond motifs is 1. The third-order valence-electron chi connectivity index (χ3n) is 4.12. The van der Waals surface area contributed by atoms with Crippen molar-refractivity contribution in [3.8, 4) is 0 Å². The molecule has 22 heavy (non-hydrogen) atoms. The van der Waals surface area contributed by atoms with Crippen molar-refractivity contribution in [1.29, 1.82) is 0 Å². The molecule has 2 aromatic rings. The van der Waals surface area contributed by atoms with E-state index >= 15 is 0 Å². The van der Waals surface area contributed by atoms with Crippen LogP contribution >= 0.6 is 15.9 Å². The zero-order valence-electron chi connectivity index (χ0n) is 12.4. The molecule has 0 bridgehead atoms. The minimum atomic E-state index is -3.25. The highest BCUT2D eigenvalue weighted by Gasteiger charge is 2.27. The van der Waals surface area contributed by atoms with Gasteiger partial charge in [-0.2, -0.15) is 0 Å². The van der Waals surface area contributed by atoms with Crippen LogP contribution in [0.2, 0.25) is 0 Å². The lowest BCUT2D eigenvalue weighted by Crippen LogP contribution is -2.33. The number of benzene rings is 2. The maximum atomic E-state index is 12.5. The summed E-state index contributed by atoms with van der Waals surface area (Å²) in [5, 5.41) is 0. The Morgan fingerprint density at radius 3 is 2.55 bits per heavy atom. The van der Waals surface area contributed by atoms with E-state index in [1.54, 1.807) is 24.3 Å². The fourth-order valence-electron chi connectivity index (χ4n) is 2.95. The summed E-state index contributed by atoms with van der Waals surface area (Å²) in [6.45, 7) is 2.67. The maximum Gasteiger partial charge on any atom is 0.180 e. The van der Waals surface area contributed by atoms with Crippen molar-refractivity contribution < 1.29 is 8.42 Å². The van der Waals surface area contributed by atoms with Gasteiger partial charge in [-0.05, 0) is 49.2 Å². The van der Waals surface area contributed by atoms with Gasteiger partial charge in [0.25, 0.3) is 0 Å². The van der Waals surface area contributed by atoms with Crippen LogP contribution in [0, 0.1) is 0 Å². The molecule has 0 amide bonds. The quantitative estimate of drug-likeness (QED) is 0.812. The number of para-hydroxylation sites is 1. The van der Waals surface area contributed by atoms with E-state index in [9.17, 15) is 8.42 Å². The average Bonchev–Trinajstić information content (AvgIpc) is 2.81. The van der Waals surface area contributed by atoms with E-state index in [2.05, 4.69) is 39.9 Å². The van der Waals surface area contributed by atoms with Crippen LogP contribution in [0.4, 0.5) is 5.69 Å². The minimum Gasteiger partial charge on any atom is -0.367 e. The zero-order chi connectivity index (χ0) is 15.7. The first-order chi connectivity index (χ1) is 10.5. The number of hydrogen-bond donors (Lipinski definition) is 0. The molecule has 116 valence electrons. The van der Waals surface area contributed by atoms with Crippen LogP contribution < -0.4 is 4.90 Å². The molecule has 2 aromatic carbocycles. The first-order valence-electron chi connectivity index (χ1n) is 7.30. The molecule has 1 aliphatic rings. The molecule has 5 heteroatoms. The summed E-state index contributed by atoms with van der Waals surface area (Å²) >= 11 is 3.33. The Labute approximate surface area is 140 Å². The molecule has 0 saturated carbocycles. The molecule has 0 N–H and O–H groups in total. The van der Waals surface area contributed by atoms with Crippen molar-refractivity contribution in [3.63, 3.8) is 0 Å². The lowest BCUT2D eigenvalue weighted by molar-refractivity contribution is 0.592. The molecule has 3 nitrogen and oxygen atoms in total. The first kappa shape index (κ1) is 15.6. The summed E-state index contributed by atoms with van der Waals surface area (Å²) in [7, 11) is -3.25. The second-order valence-corrected chi connectivity index (χ2v) is 8.67. The summed E-state index contributed by atoms with van der Waals surface area (Å²) in [5.74, 6) is 0.132. The highest BCUT2D eigenvalue weighted by Crippen LogP contribution is 2.31. The van der Waals surface area contributed by atoms with Crippen LogP contribution in [-0.4, -0.2) is 26.8 Å². The standard InChI is InChI=1S/C17H18BrNO2S/c1-13-12-14-4-2-3-5-17(14)19(13)10-11-22(20,21)16-8-6-15(18)7-9-16/h2-9,13H,10-12H2,1H3. The van der Waals surface area contributed by atoms with E-state index in [0.717, 1.165) is 10.9 Å². The Morgan fingerprint density at radius 1 is 1.14 bits per heavy atom. The van der Waals surface area contributed by atoms with Gasteiger partial charge in [0.05, 0.1) is 10.6 Å². The van der Waals surface area contributed by atoms with Crippen LogP contribution in [0.15, 0.2) is 57.9 Å². The van der Waals surface area contributed by atoms with E-state index in [1.807, 2.05) is 12.1 Å². The van der Waals surface area contributed by atoms with Gasteiger partial charge in [0.2, 0.25) is 0 Å². The molecule has 1 aliphatic heterocycles. The third-order valence-corrected chi connectivity index (χ3v) is 6.36. The number of hydrogen-bond acceptors (Lipinski definition) is 3. The summed E-state index contributed by atoms with van der Waals surface area (Å²) in [6.07, 6.45) is 0.981. The van der Waals surface area contributed by atoms with Crippen LogP contribution in [0.3, 0.4) is 0 Å². The Kier molecular flexibility index (Phi) is 4.28. The predicted molar refractivity (Wildman–Crippen MR) is 93.1 cm³/mol. The number of halogens is 1. The normalized spacial score (nSPS) is 17.5. The molecule has 1 unspecified atom stereocenters. The summed E-state index contributed by atoms with van der Waals surface area (Å²) in [5.41, 5.74) is 2.47. The van der Waals surface area contributed by atoms with Gasteiger partial charge in [-0.1, -0.05) is 34.1 Å². The number of anilines is 1. The molecular weight excluding hydrogens is 362 g/mol. The van der Waals surface area contributed by atoms with Gasteiger partial charge in [-0.3, -0.25) is 0 Å². The van der Waals surface area contributed by atoms with Gasteiger partial charge in [-0.25, -0.2) is 8.42 Å². The van der Waals surface area contributed by atoms with E-state index in [0.29, 0.717) is 17.5 Å². The number of rotatable bonds is 4. The SMILES string of the molecule is CC1Cc2ccccc2N1CCS(=O)(=O)c1ccc(Br)cc1. The smallest absolute Gasteiger partial charge is 0.180 e. The van der Waals surface area contributed by atoms with Gasteiger partial charge in [0, 0.05) is 22.7 Å². The lowest BCUT2D eigenvalue weighted by atomic mass is 10.1. The molecular formula is C17H18BrNO2S. The largest absolute Gasteiger partial charge is 0.367 e. The molecule has 0 spiro atoms. The van der Waals surface area contributed by atoms with Crippen molar-refractivity contribution >= 4 is 31.5 Å². The van der Waals surface area contributed by atoms with E-state index in [-0.39, 0.29) is 5.75 Å². The lowest BCUT2D eigenvalue weighted by Gasteiger charge is -2.24. The van der Waals surface area contributed by atoms with Gasteiger partial charge >= 0.3 is 0 Å². The molecule has 0 radical (unpaired) electrons. The van der Waals surface area contributed by atoms with E-state index in [1.165, 1.54) is 11.3 Å². The Balaban J connectivity index is 1.76. The van der Waals surface area contributed by atoms with Crippen molar-refractivity contribution in [2.75, 3.05) is 17.2 Å². The molecule has 0 aromatic heterocycles. The fourth-order valence-corrected chi connectivity index (χ4v) is 4.44. The van der Waals surface area contributed by atoms with Crippen LogP contribution in [-0.2, 0) is 16.3 Å². The van der Waals surface area contributed by atoms with Crippen molar-refractivity contribution in [2.45, 2.75) is 24.3 Å². The van der Waals surface area contributed by atoms with Crippen molar-refractivity contribution in [1.82, 2.24) is 0 Å². The second-order valence-electron chi connectivity index (χ2n) is 5.65. The van der Waals surface area contributed by atoms with Crippen molar-refractivity contribution in [2.24, 2.45) is 0 Å². The highest BCUT2D eigenvalue weighted by atomic mass is 79.9. The molecule has 0 aliphatic carbocycles. The predicted octanol–water partition coefficient (Wildman–Crippen LogP) is 3.67. The van der Waals surface area contributed by atoms with Crippen LogP contribution in [0.5, 0.6) is 0 Å². The summed E-state index contributed by atoms with van der Waals surface area (Å²) < 4.78 is 25.8. The molecule has 1 atom stereocenters. The fraction of sp³-hybridized carbons (Fsp3) is 0.294. The summed E-state index contributed by atoms with van der Waals surface area (Å²) in [6, 6.07) is 15.4. The van der Waals surface area contributed by atoms with E-state index < -0.39 is 9.84 Å². The monoisotopic (exact) mass is 379 g/mol. The van der Waals surface area contributed by atoms with Crippen LogP contribution in [0.1, 0.15) is 12.5 Å². The maximum absolute atomic E-state index is 12.5.